The Bertz CT molecular complexity index is 2750. The first kappa shape index (κ1) is 56.7. The van der Waals surface area contributed by atoms with Gasteiger partial charge < -0.3 is 61.3 Å². The van der Waals surface area contributed by atoms with Crippen LogP contribution >= 0.6 is 0 Å². The zero-order valence-corrected chi connectivity index (χ0v) is 44.7. The summed E-state index contributed by atoms with van der Waals surface area (Å²) in [6.07, 6.45) is 4.00. The molecule has 408 valence electrons. The number of amides is 5. The molecular weight excluding hydrogens is 976 g/mol. The Hall–Kier alpha value is -7.06. The number of carbonyl (C=O) groups is 5. The number of halogens is 1. The molecule has 3 aliphatic heterocycles. The van der Waals surface area contributed by atoms with E-state index in [9.17, 15) is 28.4 Å². The van der Waals surface area contributed by atoms with Gasteiger partial charge in [0.05, 0.1) is 75.1 Å². The molecule has 0 saturated carbocycles. The maximum Gasteiger partial charge on any atom is 0.262 e. The molecule has 7 rings (SSSR count). The Morgan fingerprint density at radius 1 is 1.03 bits per heavy atom. The van der Waals surface area contributed by atoms with Crippen molar-refractivity contribution in [1.82, 2.24) is 56.1 Å². The number of nitrogens with one attached hydrogen (secondary N) is 5. The molecule has 2 aromatic carbocycles. The zero-order chi connectivity index (χ0) is 54.7. The Labute approximate surface area is 444 Å². The molecule has 4 aromatic rings. The van der Waals surface area contributed by atoms with Crippen molar-refractivity contribution in [2.24, 2.45) is 5.41 Å². The predicted molar refractivity (Wildman–Crippen MR) is 284 cm³/mol. The van der Waals surface area contributed by atoms with E-state index in [1.807, 2.05) is 62.9 Å². The zero-order valence-electron chi connectivity index (χ0n) is 44.7. The molecule has 2 saturated heterocycles. The number of likely N-dealkylation sites (tertiary alicyclic amines) is 1. The van der Waals surface area contributed by atoms with Crippen molar-refractivity contribution < 1.29 is 37.8 Å². The van der Waals surface area contributed by atoms with Crippen LogP contribution in [0.25, 0.3) is 16.1 Å². The van der Waals surface area contributed by atoms with Gasteiger partial charge >= 0.3 is 0 Å². The topological polar surface area (TPSA) is 248 Å². The maximum absolute atomic E-state index is 14.7. The smallest absolute Gasteiger partial charge is 0.262 e. The summed E-state index contributed by atoms with van der Waals surface area (Å²) in [5, 5.41) is 20.1. The van der Waals surface area contributed by atoms with E-state index in [0.29, 0.717) is 72.9 Å². The summed E-state index contributed by atoms with van der Waals surface area (Å²) >= 11 is 0. The highest BCUT2D eigenvalue weighted by atomic mass is 19.1. The van der Waals surface area contributed by atoms with E-state index in [0.717, 1.165) is 12.0 Å². The largest absolute Gasteiger partial charge is 0.381 e. The number of ether oxygens (including phenoxy) is 2. The molecular formula is C54H73FN14O7. The van der Waals surface area contributed by atoms with Crippen LogP contribution in [0.4, 0.5) is 21.8 Å². The number of aromatic nitrogens is 4. The molecule has 5 amide bonds. The van der Waals surface area contributed by atoms with Crippen LogP contribution in [0.3, 0.4) is 0 Å². The number of rotatable bonds is 21. The van der Waals surface area contributed by atoms with E-state index < -0.39 is 29.4 Å². The summed E-state index contributed by atoms with van der Waals surface area (Å²) in [7, 11) is 3.31. The molecule has 1 unspecified atom stereocenters. The van der Waals surface area contributed by atoms with Crippen molar-refractivity contribution in [2.75, 3.05) is 77.3 Å². The lowest BCUT2D eigenvalue weighted by molar-refractivity contribution is -0.144. The van der Waals surface area contributed by atoms with Gasteiger partial charge in [0.1, 0.15) is 30.1 Å². The van der Waals surface area contributed by atoms with Gasteiger partial charge in [0.15, 0.2) is 11.6 Å². The number of fused-ring (bicyclic) bond motifs is 8. The number of carbonyl (C=O) groups excluding carboxylic acids is 5. The fourth-order valence-corrected chi connectivity index (χ4v) is 9.99. The minimum atomic E-state index is -0.875. The molecule has 5 heterocycles. The van der Waals surface area contributed by atoms with Crippen LogP contribution in [-0.4, -0.2) is 150 Å². The summed E-state index contributed by atoms with van der Waals surface area (Å²) in [5.74, 6) is -1.23. The number of hydrogen-bond acceptors (Lipinski definition) is 14. The van der Waals surface area contributed by atoms with Gasteiger partial charge in [-0.25, -0.2) is 14.4 Å². The Balaban J connectivity index is 0.882. The summed E-state index contributed by atoms with van der Waals surface area (Å²) < 4.78 is 27.7. The standard InChI is InChI=1S/C54H73FN14O7/c1-9-39(34-14-11-10-12-15-34)63-51(72)43-29-36(31-68(43)53(74)46(54(3,4)5)64-50(71)33(2)57-6)59-21-25-76-27-26-75-24-19-44(70)60-20-23-69-48(58-7)45-40-30-61-47(56)49(62-40)67-22-13-16-42(67)38-28-35(55)17-18-37(38)52(73)66(8)32-41(45)65-69/h10-12,14-15,17-18,28,30,33,36,39,42-43,46,57,59H,9,13,16,19-27,29,31-32H2,1-6,8H3,(H2,56,61)(H,60,70)(H,63,72)(H,64,71)/t33-,36-,39+,42-,43-,46?/m1/s1. The second-order valence-electron chi connectivity index (χ2n) is 20.6. The van der Waals surface area contributed by atoms with E-state index in [4.69, 9.17) is 31.9 Å². The molecule has 0 spiro atoms. The first-order chi connectivity index (χ1) is 36.4. The van der Waals surface area contributed by atoms with Gasteiger partial charge in [0, 0.05) is 44.7 Å². The van der Waals surface area contributed by atoms with Crippen molar-refractivity contribution in [3.8, 4) is 11.3 Å². The van der Waals surface area contributed by atoms with Crippen LogP contribution in [0.15, 0.2) is 54.7 Å². The molecule has 22 heteroatoms. The fraction of sp³-hybridized carbons (Fsp3) is 0.537. The Morgan fingerprint density at radius 3 is 2.49 bits per heavy atom. The van der Waals surface area contributed by atoms with Gasteiger partial charge in [-0.05, 0) is 74.4 Å². The van der Waals surface area contributed by atoms with Gasteiger partial charge in [-0.1, -0.05) is 64.6 Å². The lowest BCUT2D eigenvalue weighted by atomic mass is 9.85. The van der Waals surface area contributed by atoms with Gasteiger partial charge in [-0.3, -0.25) is 24.0 Å². The first-order valence-electron chi connectivity index (χ1n) is 26.1. The molecule has 3 aliphatic rings. The Morgan fingerprint density at radius 2 is 1.78 bits per heavy atom. The highest BCUT2D eigenvalue weighted by Crippen LogP contribution is 2.42. The van der Waals surface area contributed by atoms with Crippen molar-refractivity contribution >= 4 is 47.0 Å². The van der Waals surface area contributed by atoms with E-state index >= 15 is 0 Å². The van der Waals surface area contributed by atoms with E-state index in [1.54, 1.807) is 25.9 Å². The monoisotopic (exact) mass is 1050 g/mol. The number of nitrogens with zero attached hydrogens (tertiary/aromatic N) is 8. The van der Waals surface area contributed by atoms with Gasteiger partial charge in [-0.2, -0.15) is 4.68 Å². The highest BCUT2D eigenvalue weighted by Gasteiger charge is 2.45. The van der Waals surface area contributed by atoms with Crippen LogP contribution in [0.2, 0.25) is 0 Å². The lowest BCUT2D eigenvalue weighted by Gasteiger charge is -2.36. The summed E-state index contributed by atoms with van der Waals surface area (Å²) in [5.41, 5.74) is 8.77. The molecule has 2 bridgehead atoms. The van der Waals surface area contributed by atoms with Crippen LogP contribution in [-0.2, 0) is 41.7 Å². The molecule has 0 aliphatic carbocycles. The molecule has 2 aromatic heterocycles. The SMILES string of the molecule is [C-]#[N+]c1c2c(nn1CCNC(=O)CCOCCOCCN[C@@H]1C[C@H](C(=O)N[C@@H](CC)c3ccccc3)N(C(=O)C(NC(=O)[C@@H](C)NC)C(C)(C)C)C1)CN(C)C(=O)c1ccc(F)cc1[C@H]1CCCN1c1nc-2cnc1N. The van der Waals surface area contributed by atoms with E-state index in [1.165, 1.54) is 34.0 Å². The van der Waals surface area contributed by atoms with Crippen molar-refractivity contribution in [3.05, 3.63) is 94.3 Å². The number of hydrogen-bond donors (Lipinski definition) is 6. The molecule has 76 heavy (non-hydrogen) atoms. The average Bonchev–Trinajstić information content (AvgIpc) is 4.16. The minimum Gasteiger partial charge on any atom is -0.381 e. The number of likely N-dealkylation sites (N-methyl/N-ethyl adjacent to an activating group) is 1. The molecule has 7 N–H and O–H groups in total. The van der Waals surface area contributed by atoms with Crippen LogP contribution in [0.1, 0.15) is 106 Å². The van der Waals surface area contributed by atoms with Gasteiger partial charge in [0.25, 0.3) is 11.7 Å². The van der Waals surface area contributed by atoms with Crippen molar-refractivity contribution in [2.45, 2.75) is 116 Å². The highest BCUT2D eigenvalue weighted by molar-refractivity contribution is 5.96. The molecule has 21 nitrogen and oxygen atoms in total. The van der Waals surface area contributed by atoms with Gasteiger partial charge in [0.2, 0.25) is 23.6 Å². The number of nitrogen functional groups attached to an aromatic ring is 1. The third-order valence-corrected chi connectivity index (χ3v) is 14.2. The summed E-state index contributed by atoms with van der Waals surface area (Å²) in [4.78, 5) is 86.6. The maximum atomic E-state index is 14.7. The second kappa shape index (κ2) is 25.7. The molecule has 6 atom stereocenters. The minimum absolute atomic E-state index is 0.00994. The molecule has 0 radical (unpaired) electrons. The van der Waals surface area contributed by atoms with Crippen LogP contribution in [0, 0.1) is 17.8 Å². The van der Waals surface area contributed by atoms with E-state index in [-0.39, 0.29) is 112 Å². The summed E-state index contributed by atoms with van der Waals surface area (Å²) in [6.45, 7) is 20.1. The third kappa shape index (κ3) is 13.5. The first-order valence-corrected chi connectivity index (χ1v) is 26.1. The third-order valence-electron chi connectivity index (χ3n) is 14.2. The average molecular weight is 1050 g/mol. The number of benzene rings is 2. The predicted octanol–water partition coefficient (Wildman–Crippen LogP) is 4.04. The normalized spacial score (nSPS) is 18.5. The summed E-state index contributed by atoms with van der Waals surface area (Å²) in [6, 6.07) is 10.9. The quantitative estimate of drug-likeness (QED) is 0.0510. The van der Waals surface area contributed by atoms with Crippen molar-refractivity contribution in [3.63, 3.8) is 0 Å². The van der Waals surface area contributed by atoms with Crippen molar-refractivity contribution in [1.29, 1.82) is 0 Å². The van der Waals surface area contributed by atoms with Gasteiger partial charge in [-0.15, -0.1) is 5.10 Å². The Kier molecular flexibility index (Phi) is 19.1. The van der Waals surface area contributed by atoms with Crippen LogP contribution < -0.4 is 37.2 Å². The fourth-order valence-electron chi connectivity index (χ4n) is 9.99. The number of anilines is 2. The van der Waals surface area contributed by atoms with E-state index in [2.05, 4.69) is 36.4 Å². The lowest BCUT2D eigenvalue weighted by Crippen LogP contribution is -2.59. The second-order valence-corrected chi connectivity index (χ2v) is 20.6. The molecule has 2 fully saturated rings. The number of nitrogens with two attached hydrogens (primary N) is 1. The van der Waals surface area contributed by atoms with Crippen LogP contribution in [0.5, 0.6) is 0 Å².